The normalized spacial score (nSPS) is 11.0. The largest absolute Gasteiger partial charge is 0.396 e. The van der Waals surface area contributed by atoms with E-state index in [1.54, 1.807) is 4.40 Å². The van der Waals surface area contributed by atoms with Crippen LogP contribution in [-0.2, 0) is 6.42 Å². The van der Waals surface area contributed by atoms with Crippen LogP contribution in [0.4, 0.5) is 11.5 Å². The minimum atomic E-state index is 0.630. The Morgan fingerprint density at radius 2 is 2.21 bits per heavy atom. The van der Waals surface area contributed by atoms with Crippen LogP contribution in [-0.4, -0.2) is 9.38 Å². The van der Waals surface area contributed by atoms with Crippen LogP contribution in [0.3, 0.4) is 0 Å². The summed E-state index contributed by atoms with van der Waals surface area (Å²) in [6.45, 7) is 2.02. The van der Waals surface area contributed by atoms with Crippen LogP contribution in [0.1, 0.15) is 12.6 Å². The lowest BCUT2D eigenvalue weighted by Crippen LogP contribution is -1.97. The number of nitrogens with zero attached hydrogens (tertiary/aromatic N) is 2. The van der Waals surface area contributed by atoms with Gasteiger partial charge >= 0.3 is 0 Å². The van der Waals surface area contributed by atoms with Gasteiger partial charge in [0.25, 0.3) is 0 Å². The summed E-state index contributed by atoms with van der Waals surface area (Å²) in [5, 5.41) is 0. The monoisotopic (exact) mass is 254 g/mol. The minimum absolute atomic E-state index is 0.630. The van der Waals surface area contributed by atoms with Crippen LogP contribution < -0.4 is 11.5 Å². The van der Waals surface area contributed by atoms with E-state index in [-0.39, 0.29) is 0 Å². The van der Waals surface area contributed by atoms with E-state index in [0.29, 0.717) is 11.5 Å². The number of rotatable bonds is 1. The van der Waals surface area contributed by atoms with Gasteiger partial charge in [-0.25, -0.2) is 4.98 Å². The van der Waals surface area contributed by atoms with Gasteiger partial charge in [-0.15, -0.1) is 0 Å². The van der Waals surface area contributed by atoms with Crippen molar-refractivity contribution in [2.45, 2.75) is 13.3 Å². The maximum atomic E-state index is 5.91. The second-order valence-electron chi connectivity index (χ2n) is 3.10. The lowest BCUT2D eigenvalue weighted by Gasteiger charge is -2.00. The summed E-state index contributed by atoms with van der Waals surface area (Å²) in [7, 11) is 0. The molecule has 74 valence electrons. The predicted octanol–water partition coefficient (Wildman–Crippen LogP) is 1.82. The standard InChI is InChI=1S/C9H11BrN4/c1-2-7-8(12)14-4-5(10)3-6(11)9(14)13-7/h3-4H,2,11-12H2,1H3. The van der Waals surface area contributed by atoms with Gasteiger partial charge in [0, 0.05) is 10.7 Å². The topological polar surface area (TPSA) is 69.3 Å². The van der Waals surface area contributed by atoms with Crippen LogP contribution in [0.2, 0.25) is 0 Å². The van der Waals surface area contributed by atoms with Crippen molar-refractivity contribution in [3.05, 3.63) is 22.4 Å². The number of anilines is 2. The molecule has 2 aromatic heterocycles. The van der Waals surface area contributed by atoms with Crippen molar-refractivity contribution in [3.8, 4) is 0 Å². The minimum Gasteiger partial charge on any atom is -0.396 e. The van der Waals surface area contributed by atoms with E-state index < -0.39 is 0 Å². The van der Waals surface area contributed by atoms with Crippen LogP contribution >= 0.6 is 15.9 Å². The number of halogens is 1. The molecule has 4 nitrogen and oxygen atoms in total. The van der Waals surface area contributed by atoms with Gasteiger partial charge in [-0.1, -0.05) is 6.92 Å². The van der Waals surface area contributed by atoms with Gasteiger partial charge in [0.15, 0.2) is 5.65 Å². The van der Waals surface area contributed by atoms with E-state index in [2.05, 4.69) is 20.9 Å². The summed E-state index contributed by atoms with van der Waals surface area (Å²) < 4.78 is 2.70. The van der Waals surface area contributed by atoms with Gasteiger partial charge in [-0.3, -0.25) is 4.40 Å². The van der Waals surface area contributed by atoms with Crippen molar-refractivity contribution in [2.75, 3.05) is 11.5 Å². The van der Waals surface area contributed by atoms with Crippen LogP contribution in [0.5, 0.6) is 0 Å². The average Bonchev–Trinajstić information content (AvgIpc) is 2.44. The summed E-state index contributed by atoms with van der Waals surface area (Å²) in [5.74, 6) is 0.663. The average molecular weight is 255 g/mol. The molecule has 0 bridgehead atoms. The van der Waals surface area contributed by atoms with Gasteiger partial charge in [0.05, 0.1) is 11.4 Å². The zero-order chi connectivity index (χ0) is 10.3. The molecule has 0 aliphatic carbocycles. The van der Waals surface area contributed by atoms with E-state index in [9.17, 15) is 0 Å². The predicted molar refractivity (Wildman–Crippen MR) is 61.1 cm³/mol. The number of fused-ring (bicyclic) bond motifs is 1. The van der Waals surface area contributed by atoms with Crippen molar-refractivity contribution in [3.63, 3.8) is 0 Å². The highest BCUT2D eigenvalue weighted by Gasteiger charge is 2.09. The summed E-state index contributed by atoms with van der Waals surface area (Å²) in [6, 6.07) is 1.82. The highest BCUT2D eigenvalue weighted by Crippen LogP contribution is 2.23. The fourth-order valence-corrected chi connectivity index (χ4v) is 1.91. The fraction of sp³-hybridized carbons (Fsp3) is 0.222. The van der Waals surface area contributed by atoms with E-state index in [1.807, 2.05) is 19.2 Å². The zero-order valence-corrected chi connectivity index (χ0v) is 9.37. The summed E-state index contributed by atoms with van der Waals surface area (Å²) >= 11 is 3.36. The molecule has 0 saturated carbocycles. The Morgan fingerprint density at radius 3 is 2.86 bits per heavy atom. The Morgan fingerprint density at radius 1 is 1.50 bits per heavy atom. The molecule has 0 amide bonds. The summed E-state index contributed by atoms with van der Waals surface area (Å²) in [4.78, 5) is 4.36. The van der Waals surface area contributed by atoms with Crippen molar-refractivity contribution < 1.29 is 0 Å². The SMILES string of the molecule is CCc1nc2c(N)cc(Br)cn2c1N. The Labute approximate surface area is 90.0 Å². The third-order valence-electron chi connectivity index (χ3n) is 2.16. The van der Waals surface area contributed by atoms with E-state index >= 15 is 0 Å². The summed E-state index contributed by atoms with van der Waals surface area (Å²) in [6.07, 6.45) is 2.68. The number of nitrogens with two attached hydrogens (primary N) is 2. The molecule has 0 aliphatic rings. The first kappa shape index (κ1) is 9.33. The second kappa shape index (κ2) is 3.16. The molecule has 0 atom stereocenters. The first-order valence-corrected chi connectivity index (χ1v) is 5.14. The molecule has 5 heteroatoms. The number of nitrogen functional groups attached to an aromatic ring is 2. The van der Waals surface area contributed by atoms with Gasteiger partial charge in [0.1, 0.15) is 5.82 Å². The molecule has 0 saturated heterocycles. The Hall–Kier alpha value is -1.23. The zero-order valence-electron chi connectivity index (χ0n) is 7.79. The Bertz CT molecular complexity index is 489. The van der Waals surface area contributed by atoms with Gasteiger partial charge in [-0.05, 0) is 28.4 Å². The molecular weight excluding hydrogens is 244 g/mol. The molecular formula is C9H11BrN4. The van der Waals surface area contributed by atoms with Crippen molar-refractivity contribution in [1.82, 2.24) is 9.38 Å². The van der Waals surface area contributed by atoms with Crippen LogP contribution in [0.25, 0.3) is 5.65 Å². The number of hydrogen-bond acceptors (Lipinski definition) is 3. The van der Waals surface area contributed by atoms with Crippen LogP contribution in [0, 0.1) is 0 Å². The molecule has 0 unspecified atom stereocenters. The number of pyridine rings is 1. The maximum Gasteiger partial charge on any atom is 0.162 e. The highest BCUT2D eigenvalue weighted by atomic mass is 79.9. The maximum absolute atomic E-state index is 5.91. The highest BCUT2D eigenvalue weighted by molar-refractivity contribution is 9.10. The number of imidazole rings is 1. The van der Waals surface area contributed by atoms with Gasteiger partial charge in [0.2, 0.25) is 0 Å². The molecule has 0 fully saturated rings. The number of aromatic nitrogens is 2. The van der Waals surface area contributed by atoms with Crippen molar-refractivity contribution in [1.29, 1.82) is 0 Å². The third-order valence-corrected chi connectivity index (χ3v) is 2.60. The molecule has 14 heavy (non-hydrogen) atoms. The lowest BCUT2D eigenvalue weighted by molar-refractivity contribution is 1.07. The molecule has 2 rings (SSSR count). The molecule has 0 radical (unpaired) electrons. The van der Waals surface area contributed by atoms with E-state index in [0.717, 1.165) is 22.2 Å². The molecule has 0 spiro atoms. The first-order chi connectivity index (χ1) is 6.63. The number of hydrogen-bond donors (Lipinski definition) is 2. The molecule has 2 aromatic rings. The Balaban J connectivity index is 2.85. The lowest BCUT2D eigenvalue weighted by atomic mass is 10.3. The van der Waals surface area contributed by atoms with E-state index in [4.69, 9.17) is 11.5 Å². The number of aryl methyl sites for hydroxylation is 1. The quantitative estimate of drug-likeness (QED) is 0.816. The molecule has 0 aliphatic heterocycles. The van der Waals surface area contributed by atoms with Gasteiger partial charge < -0.3 is 11.5 Å². The second-order valence-corrected chi connectivity index (χ2v) is 4.02. The summed E-state index contributed by atoms with van der Waals surface area (Å²) in [5.41, 5.74) is 14.0. The third kappa shape index (κ3) is 1.24. The molecule has 0 aromatic carbocycles. The van der Waals surface area contributed by atoms with Crippen molar-refractivity contribution >= 4 is 33.1 Å². The fourth-order valence-electron chi connectivity index (χ4n) is 1.46. The first-order valence-electron chi connectivity index (χ1n) is 4.35. The van der Waals surface area contributed by atoms with Crippen LogP contribution in [0.15, 0.2) is 16.7 Å². The molecule has 4 N–H and O–H groups in total. The smallest absolute Gasteiger partial charge is 0.162 e. The molecule has 2 heterocycles. The van der Waals surface area contributed by atoms with Gasteiger partial charge in [-0.2, -0.15) is 0 Å². The van der Waals surface area contributed by atoms with E-state index in [1.165, 1.54) is 0 Å². The van der Waals surface area contributed by atoms with Crippen molar-refractivity contribution in [2.24, 2.45) is 0 Å². The Kier molecular flexibility index (Phi) is 2.11.